The van der Waals surface area contributed by atoms with Crippen LogP contribution in [0.25, 0.3) is 0 Å². The lowest BCUT2D eigenvalue weighted by atomic mass is 10.2. The van der Waals surface area contributed by atoms with Gasteiger partial charge in [-0.05, 0) is 63.2 Å². The molecule has 24 heavy (non-hydrogen) atoms. The van der Waals surface area contributed by atoms with Gasteiger partial charge in [-0.15, -0.1) is 10.8 Å². The molecule has 2 aromatic rings. The second-order valence-corrected chi connectivity index (χ2v) is 9.55. The SMILES string of the molecule is CNCCCC1Sc2ccccc2N(c2cccc(C)c2)S1(O)O. The Hall–Kier alpha value is -1.18. The Kier molecular flexibility index (Phi) is 5.42. The zero-order valence-corrected chi connectivity index (χ0v) is 15.6. The lowest BCUT2D eigenvalue weighted by Gasteiger charge is -2.52. The summed E-state index contributed by atoms with van der Waals surface area (Å²) in [5.74, 6) is 0. The molecule has 0 spiro atoms. The van der Waals surface area contributed by atoms with Crippen molar-refractivity contribution in [3.8, 4) is 0 Å². The molecule has 1 aliphatic heterocycles. The monoisotopic (exact) mass is 364 g/mol. The predicted molar refractivity (Wildman–Crippen MR) is 105 cm³/mol. The van der Waals surface area contributed by atoms with Gasteiger partial charge < -0.3 is 5.32 Å². The normalized spacial score (nSPS) is 20.5. The topological polar surface area (TPSA) is 55.7 Å². The Morgan fingerprint density at radius 1 is 1.17 bits per heavy atom. The highest BCUT2D eigenvalue weighted by molar-refractivity contribution is 8.34. The number of para-hydroxylation sites is 1. The molecule has 4 nitrogen and oxygen atoms in total. The van der Waals surface area contributed by atoms with Gasteiger partial charge in [-0.2, -0.15) is 0 Å². The van der Waals surface area contributed by atoms with Crippen molar-refractivity contribution in [2.45, 2.75) is 29.2 Å². The van der Waals surface area contributed by atoms with Gasteiger partial charge >= 0.3 is 0 Å². The first-order valence-electron chi connectivity index (χ1n) is 8.08. The van der Waals surface area contributed by atoms with E-state index >= 15 is 0 Å². The molecule has 2 aromatic carbocycles. The van der Waals surface area contributed by atoms with E-state index in [1.54, 1.807) is 16.1 Å². The maximum absolute atomic E-state index is 11.1. The molecular formula is C18H24N2O2S2. The molecular weight excluding hydrogens is 340 g/mol. The van der Waals surface area contributed by atoms with Crippen LogP contribution in [-0.4, -0.2) is 27.3 Å². The summed E-state index contributed by atoms with van der Waals surface area (Å²) >= 11 is 1.58. The molecule has 6 heteroatoms. The number of hydrogen-bond donors (Lipinski definition) is 3. The maximum atomic E-state index is 11.1. The molecule has 0 aliphatic carbocycles. The number of hydrogen-bond acceptors (Lipinski definition) is 5. The molecule has 0 saturated heterocycles. The molecule has 130 valence electrons. The number of nitrogens with zero attached hydrogens (tertiary/aromatic N) is 1. The highest BCUT2D eigenvalue weighted by Crippen LogP contribution is 2.65. The molecule has 1 aliphatic rings. The Labute approximate surface area is 149 Å². The average Bonchev–Trinajstić information content (AvgIpc) is 2.55. The molecule has 0 radical (unpaired) electrons. The van der Waals surface area contributed by atoms with E-state index in [2.05, 4.69) is 11.4 Å². The first kappa shape index (κ1) is 17.6. The van der Waals surface area contributed by atoms with Crippen LogP contribution >= 0.6 is 22.5 Å². The highest BCUT2D eigenvalue weighted by Gasteiger charge is 2.39. The summed E-state index contributed by atoms with van der Waals surface area (Å²) in [6.45, 7) is 2.89. The highest BCUT2D eigenvalue weighted by atomic mass is 32.3. The van der Waals surface area contributed by atoms with E-state index in [1.807, 2.05) is 56.4 Å². The number of aryl methyl sites for hydroxylation is 1. The van der Waals surface area contributed by atoms with Gasteiger partial charge in [0.05, 0.1) is 11.4 Å². The van der Waals surface area contributed by atoms with Gasteiger partial charge in [0, 0.05) is 4.90 Å². The van der Waals surface area contributed by atoms with Crippen LogP contribution in [0.5, 0.6) is 0 Å². The number of benzene rings is 2. The molecule has 1 atom stereocenters. The largest absolute Gasteiger partial charge is 0.320 e. The summed E-state index contributed by atoms with van der Waals surface area (Å²) in [4.78, 5) is 1.10. The van der Waals surface area contributed by atoms with Crippen molar-refractivity contribution in [1.29, 1.82) is 0 Å². The van der Waals surface area contributed by atoms with Gasteiger partial charge in [0.15, 0.2) is 0 Å². The summed E-state index contributed by atoms with van der Waals surface area (Å²) in [6, 6.07) is 15.9. The number of thioether (sulfide) groups is 1. The van der Waals surface area contributed by atoms with Crippen LogP contribution in [0.4, 0.5) is 11.4 Å². The summed E-state index contributed by atoms with van der Waals surface area (Å²) < 4.78 is 23.7. The molecule has 3 rings (SSSR count). The molecule has 1 heterocycles. The first-order valence-corrected chi connectivity index (χ1v) is 10.5. The fraction of sp³-hybridized carbons (Fsp3) is 0.333. The van der Waals surface area contributed by atoms with Crippen molar-refractivity contribution in [2.75, 3.05) is 17.9 Å². The predicted octanol–water partition coefficient (Wildman–Crippen LogP) is 5.23. The third kappa shape index (κ3) is 3.43. The van der Waals surface area contributed by atoms with Gasteiger partial charge in [0.25, 0.3) is 0 Å². The van der Waals surface area contributed by atoms with E-state index in [0.29, 0.717) is 0 Å². The van der Waals surface area contributed by atoms with Gasteiger partial charge in [-0.25, -0.2) is 4.31 Å². The Morgan fingerprint density at radius 2 is 1.96 bits per heavy atom. The fourth-order valence-electron chi connectivity index (χ4n) is 2.90. The second kappa shape index (κ2) is 7.37. The lowest BCUT2D eigenvalue weighted by Crippen LogP contribution is -2.33. The smallest absolute Gasteiger partial charge is 0.119 e. The number of rotatable bonds is 5. The Balaban J connectivity index is 2.03. The summed E-state index contributed by atoms with van der Waals surface area (Å²) in [6.07, 6.45) is 1.67. The summed E-state index contributed by atoms with van der Waals surface area (Å²) in [7, 11) is -1.04. The van der Waals surface area contributed by atoms with Gasteiger partial charge in [-0.3, -0.25) is 9.11 Å². The van der Waals surface area contributed by atoms with Gasteiger partial charge in [0.2, 0.25) is 0 Å². The number of fused-ring (bicyclic) bond motifs is 1. The molecule has 3 N–H and O–H groups in total. The van der Waals surface area contributed by atoms with Crippen LogP contribution < -0.4 is 9.62 Å². The molecule has 0 bridgehead atoms. The minimum atomic E-state index is -2.96. The minimum Gasteiger partial charge on any atom is -0.320 e. The van der Waals surface area contributed by atoms with Gasteiger partial charge in [0.1, 0.15) is 4.58 Å². The molecule has 0 saturated carbocycles. The van der Waals surface area contributed by atoms with Crippen LogP contribution in [0.3, 0.4) is 0 Å². The quantitative estimate of drug-likeness (QED) is 0.634. The van der Waals surface area contributed by atoms with E-state index in [1.165, 1.54) is 0 Å². The zero-order valence-electron chi connectivity index (χ0n) is 14.0. The summed E-state index contributed by atoms with van der Waals surface area (Å²) in [5.41, 5.74) is 2.81. The van der Waals surface area contributed by atoms with Crippen molar-refractivity contribution in [3.05, 3.63) is 54.1 Å². The third-order valence-electron chi connectivity index (χ3n) is 4.07. The van der Waals surface area contributed by atoms with Crippen molar-refractivity contribution >= 4 is 33.9 Å². The van der Waals surface area contributed by atoms with Crippen molar-refractivity contribution in [3.63, 3.8) is 0 Å². The third-order valence-corrected chi connectivity index (χ3v) is 8.11. The first-order chi connectivity index (χ1) is 11.5. The molecule has 0 amide bonds. The minimum absolute atomic E-state index is 0.235. The van der Waals surface area contributed by atoms with E-state index in [9.17, 15) is 9.11 Å². The number of anilines is 2. The van der Waals surface area contributed by atoms with E-state index in [4.69, 9.17) is 0 Å². The van der Waals surface area contributed by atoms with E-state index in [0.717, 1.165) is 41.2 Å². The van der Waals surface area contributed by atoms with E-state index in [-0.39, 0.29) is 4.58 Å². The maximum Gasteiger partial charge on any atom is 0.119 e. The molecule has 0 fully saturated rings. The molecule has 0 aromatic heterocycles. The lowest BCUT2D eigenvalue weighted by molar-refractivity contribution is 0.477. The zero-order chi connectivity index (χ0) is 17.2. The summed E-state index contributed by atoms with van der Waals surface area (Å²) in [5, 5.41) is 3.13. The van der Waals surface area contributed by atoms with Crippen LogP contribution in [-0.2, 0) is 0 Å². The Bertz CT molecular complexity index is 709. The van der Waals surface area contributed by atoms with Crippen LogP contribution in [0.1, 0.15) is 18.4 Å². The van der Waals surface area contributed by atoms with E-state index < -0.39 is 10.8 Å². The van der Waals surface area contributed by atoms with Crippen LogP contribution in [0, 0.1) is 6.92 Å². The standard InChI is InChI=1S/C18H24N2O2S2/c1-14-7-5-8-15(13-14)20-16-9-3-4-10-17(16)23-18(24(20,21)22)11-6-12-19-2/h3-5,7-10,13,18-19,21-22H,6,11-12H2,1-2H3. The number of nitrogens with one attached hydrogen (secondary N) is 1. The van der Waals surface area contributed by atoms with Gasteiger partial charge in [-0.1, -0.05) is 36.0 Å². The second-order valence-electron chi connectivity index (χ2n) is 5.96. The average molecular weight is 365 g/mol. The van der Waals surface area contributed by atoms with Crippen molar-refractivity contribution < 1.29 is 9.11 Å². The van der Waals surface area contributed by atoms with Crippen LogP contribution in [0.15, 0.2) is 53.4 Å². The molecule has 1 unspecified atom stereocenters. The van der Waals surface area contributed by atoms with Crippen molar-refractivity contribution in [2.24, 2.45) is 0 Å². The van der Waals surface area contributed by atoms with Crippen molar-refractivity contribution in [1.82, 2.24) is 5.32 Å². The fourth-order valence-corrected chi connectivity index (χ4v) is 6.64. The van der Waals surface area contributed by atoms with Crippen LogP contribution in [0.2, 0.25) is 0 Å². The Morgan fingerprint density at radius 3 is 2.71 bits per heavy atom.